The highest BCUT2D eigenvalue weighted by Crippen LogP contribution is 2.36. The largest absolute Gasteiger partial charge is 0.457 e. The average molecular weight is 501 g/mol. The summed E-state index contributed by atoms with van der Waals surface area (Å²) < 4.78 is 8.92. The maximum atomic E-state index is 12.7. The Bertz CT molecular complexity index is 1380. The molecule has 2 aromatic carbocycles. The van der Waals surface area contributed by atoms with E-state index in [0.29, 0.717) is 35.8 Å². The Morgan fingerprint density at radius 1 is 1.16 bits per heavy atom. The molecule has 0 aliphatic carbocycles. The van der Waals surface area contributed by atoms with Gasteiger partial charge in [-0.1, -0.05) is 18.2 Å². The topological polar surface area (TPSA) is 133 Å². The molecule has 0 fully saturated rings. The second-order valence-corrected chi connectivity index (χ2v) is 9.01. The molecule has 3 heterocycles. The predicted molar refractivity (Wildman–Crippen MR) is 137 cm³/mol. The van der Waals surface area contributed by atoms with Crippen LogP contribution in [-0.2, 0) is 0 Å². The first-order valence-electron chi connectivity index (χ1n) is 12.0. The van der Waals surface area contributed by atoms with Crippen molar-refractivity contribution in [2.75, 3.05) is 18.9 Å². The number of fused-ring (bicyclic) bond motifs is 1. The third-order valence-corrected chi connectivity index (χ3v) is 6.57. The van der Waals surface area contributed by atoms with Crippen LogP contribution in [0.4, 0.5) is 10.6 Å². The van der Waals surface area contributed by atoms with Crippen LogP contribution in [0.5, 0.6) is 11.5 Å². The van der Waals surface area contributed by atoms with Gasteiger partial charge in [0.05, 0.1) is 6.04 Å². The van der Waals surface area contributed by atoms with Crippen LogP contribution in [0.3, 0.4) is 0 Å². The molecule has 5 rings (SSSR count). The van der Waals surface area contributed by atoms with Crippen molar-refractivity contribution in [2.24, 2.45) is 5.73 Å². The SMILES string of the molecule is CC(CC1CCNc2c(C(N)=O)c(-c3ccc(Oc4ccccc4)cc3)nn21)N(C)C(=O)n1cncn1. The highest BCUT2D eigenvalue weighted by Gasteiger charge is 2.31. The van der Waals surface area contributed by atoms with Crippen molar-refractivity contribution in [3.63, 3.8) is 0 Å². The Kier molecular flexibility index (Phi) is 6.59. The number of rotatable bonds is 7. The standard InChI is InChI=1S/C26H28N8O3/c1-17(32(2)26(36)33-16-28-15-30-33)14-19-12-13-29-25-22(24(27)35)23(31-34(19)25)18-8-10-21(11-9-18)37-20-6-4-3-5-7-20/h3-11,15-17,19,29H,12-14H2,1-2H3,(H2,27,35). The molecule has 2 unspecified atom stereocenters. The summed E-state index contributed by atoms with van der Waals surface area (Å²) in [6, 6.07) is 16.5. The van der Waals surface area contributed by atoms with E-state index in [4.69, 9.17) is 15.6 Å². The molecule has 3 N–H and O–H groups in total. The van der Waals surface area contributed by atoms with E-state index < -0.39 is 5.91 Å². The Morgan fingerprint density at radius 3 is 2.57 bits per heavy atom. The smallest absolute Gasteiger partial charge is 0.346 e. The van der Waals surface area contributed by atoms with Crippen LogP contribution in [0.15, 0.2) is 67.3 Å². The zero-order valence-electron chi connectivity index (χ0n) is 20.6. The zero-order valence-corrected chi connectivity index (χ0v) is 20.6. The number of carbonyl (C=O) groups excluding carboxylic acids is 2. The molecule has 0 saturated heterocycles. The molecule has 0 radical (unpaired) electrons. The van der Waals surface area contributed by atoms with Gasteiger partial charge in [-0.25, -0.2) is 14.5 Å². The van der Waals surface area contributed by atoms with Gasteiger partial charge in [-0.2, -0.15) is 14.9 Å². The summed E-state index contributed by atoms with van der Waals surface area (Å²) in [7, 11) is 1.74. The van der Waals surface area contributed by atoms with E-state index in [0.717, 1.165) is 17.7 Å². The minimum atomic E-state index is -0.555. The molecular weight excluding hydrogens is 472 g/mol. The summed E-state index contributed by atoms with van der Waals surface area (Å²) in [5.74, 6) is 1.45. The number of ether oxygens (including phenoxy) is 1. The molecule has 2 amide bonds. The lowest BCUT2D eigenvalue weighted by Gasteiger charge is -2.31. The van der Waals surface area contributed by atoms with Crippen molar-refractivity contribution >= 4 is 17.8 Å². The number of carbonyl (C=O) groups is 2. The minimum absolute atomic E-state index is 0.0372. The van der Waals surface area contributed by atoms with Crippen LogP contribution < -0.4 is 15.8 Å². The summed E-state index contributed by atoms with van der Waals surface area (Å²) in [4.78, 5) is 30.7. The number of nitrogens with two attached hydrogens (primary N) is 1. The van der Waals surface area contributed by atoms with Gasteiger partial charge in [0.15, 0.2) is 0 Å². The van der Waals surface area contributed by atoms with Crippen LogP contribution in [-0.4, -0.2) is 61.0 Å². The molecule has 11 nitrogen and oxygen atoms in total. The van der Waals surface area contributed by atoms with Crippen molar-refractivity contribution in [3.05, 3.63) is 72.8 Å². The van der Waals surface area contributed by atoms with Gasteiger partial charge in [0.25, 0.3) is 5.91 Å². The molecular formula is C26H28N8O3. The zero-order chi connectivity index (χ0) is 25.9. The number of nitrogens with zero attached hydrogens (tertiary/aromatic N) is 6. The molecule has 1 aliphatic rings. The van der Waals surface area contributed by atoms with Crippen molar-refractivity contribution in [3.8, 4) is 22.8 Å². The molecule has 37 heavy (non-hydrogen) atoms. The van der Waals surface area contributed by atoms with Crippen LogP contribution in [0.2, 0.25) is 0 Å². The van der Waals surface area contributed by atoms with E-state index in [2.05, 4.69) is 15.4 Å². The van der Waals surface area contributed by atoms with Gasteiger partial charge in [-0.3, -0.25) is 4.79 Å². The quantitative estimate of drug-likeness (QED) is 0.395. The second kappa shape index (κ2) is 10.1. The number of benzene rings is 2. The number of amides is 2. The Balaban J connectivity index is 1.39. The number of primary amides is 1. The summed E-state index contributed by atoms with van der Waals surface area (Å²) in [5.41, 5.74) is 7.42. The molecule has 2 atom stereocenters. The van der Waals surface area contributed by atoms with Crippen LogP contribution in [0.1, 0.15) is 36.2 Å². The number of aromatic nitrogens is 5. The summed E-state index contributed by atoms with van der Waals surface area (Å²) >= 11 is 0. The first kappa shape index (κ1) is 24.0. The van der Waals surface area contributed by atoms with Crippen LogP contribution >= 0.6 is 0 Å². The highest BCUT2D eigenvalue weighted by atomic mass is 16.5. The summed E-state index contributed by atoms with van der Waals surface area (Å²) in [5, 5.41) is 12.0. The number of hydrogen-bond donors (Lipinski definition) is 2. The molecule has 1 aliphatic heterocycles. The average Bonchev–Trinajstić information content (AvgIpc) is 3.58. The lowest BCUT2D eigenvalue weighted by molar-refractivity contribution is 0.100. The van der Waals surface area contributed by atoms with Gasteiger partial charge in [0.2, 0.25) is 0 Å². The van der Waals surface area contributed by atoms with Gasteiger partial charge in [-0.05, 0) is 56.2 Å². The fourth-order valence-electron chi connectivity index (χ4n) is 4.52. The van der Waals surface area contributed by atoms with E-state index in [1.807, 2.05) is 66.2 Å². The van der Waals surface area contributed by atoms with Gasteiger partial charge >= 0.3 is 6.03 Å². The third kappa shape index (κ3) is 4.88. The van der Waals surface area contributed by atoms with Gasteiger partial charge in [-0.15, -0.1) is 0 Å². The molecule has 0 spiro atoms. The van der Waals surface area contributed by atoms with Gasteiger partial charge < -0.3 is 20.7 Å². The Hall–Kier alpha value is -4.67. The second-order valence-electron chi connectivity index (χ2n) is 9.01. The third-order valence-electron chi connectivity index (χ3n) is 6.57. The van der Waals surface area contributed by atoms with Crippen molar-refractivity contribution in [2.45, 2.75) is 31.8 Å². The van der Waals surface area contributed by atoms with E-state index in [9.17, 15) is 9.59 Å². The maximum Gasteiger partial charge on any atom is 0.346 e. The van der Waals surface area contributed by atoms with Crippen molar-refractivity contribution in [1.82, 2.24) is 29.4 Å². The highest BCUT2D eigenvalue weighted by molar-refractivity contribution is 6.03. The van der Waals surface area contributed by atoms with E-state index >= 15 is 0 Å². The Labute approximate surface area is 213 Å². The first-order valence-corrected chi connectivity index (χ1v) is 12.0. The fraction of sp³-hybridized carbons (Fsp3) is 0.269. The summed E-state index contributed by atoms with van der Waals surface area (Å²) in [6.45, 7) is 2.63. The number of anilines is 1. The molecule has 0 bridgehead atoms. The minimum Gasteiger partial charge on any atom is -0.457 e. The number of para-hydroxylation sites is 1. The number of nitrogens with one attached hydrogen (secondary N) is 1. The van der Waals surface area contributed by atoms with Crippen LogP contribution in [0.25, 0.3) is 11.3 Å². The normalized spacial score (nSPS) is 15.4. The van der Waals surface area contributed by atoms with Crippen LogP contribution in [0, 0.1) is 0 Å². The molecule has 0 saturated carbocycles. The lowest BCUT2D eigenvalue weighted by atomic mass is 10.0. The number of hydrogen-bond acceptors (Lipinski definition) is 7. The van der Waals surface area contributed by atoms with Crippen molar-refractivity contribution < 1.29 is 14.3 Å². The van der Waals surface area contributed by atoms with Gasteiger partial charge in [0.1, 0.15) is 41.2 Å². The molecule has 11 heteroatoms. The van der Waals surface area contributed by atoms with E-state index in [1.54, 1.807) is 11.9 Å². The van der Waals surface area contributed by atoms with E-state index in [1.165, 1.54) is 17.3 Å². The van der Waals surface area contributed by atoms with Gasteiger partial charge in [0, 0.05) is 25.2 Å². The van der Waals surface area contributed by atoms with E-state index in [-0.39, 0.29) is 18.1 Å². The molecule has 4 aromatic rings. The Morgan fingerprint density at radius 2 is 1.89 bits per heavy atom. The first-order chi connectivity index (χ1) is 17.9. The summed E-state index contributed by atoms with van der Waals surface area (Å²) in [6.07, 6.45) is 4.12. The maximum absolute atomic E-state index is 12.7. The lowest BCUT2D eigenvalue weighted by Crippen LogP contribution is -2.40. The monoisotopic (exact) mass is 500 g/mol. The predicted octanol–water partition coefficient (Wildman–Crippen LogP) is 3.77. The molecule has 190 valence electrons. The fourth-order valence-corrected chi connectivity index (χ4v) is 4.52. The van der Waals surface area contributed by atoms with Crippen molar-refractivity contribution in [1.29, 1.82) is 0 Å². The molecule has 2 aromatic heterocycles.